The predicted molar refractivity (Wildman–Crippen MR) is 259 cm³/mol. The maximum Gasteiger partial charge on any atom is 0.164 e. The number of hydrogen-bond acceptors (Lipinski definition) is 3. The summed E-state index contributed by atoms with van der Waals surface area (Å²) in [5.41, 5.74) is 19.5. The summed E-state index contributed by atoms with van der Waals surface area (Å²) in [7, 11) is 0. The van der Waals surface area contributed by atoms with Crippen LogP contribution in [0.2, 0.25) is 0 Å². The van der Waals surface area contributed by atoms with Gasteiger partial charge in [-0.05, 0) is 124 Å². The lowest BCUT2D eigenvalue weighted by atomic mass is 9.69. The van der Waals surface area contributed by atoms with Crippen molar-refractivity contribution in [3.05, 3.63) is 239 Å². The van der Waals surface area contributed by atoms with E-state index in [1.807, 2.05) is 38.1 Å². The monoisotopic (exact) mass is 799 g/mol. The summed E-state index contributed by atoms with van der Waals surface area (Å²) >= 11 is 0. The van der Waals surface area contributed by atoms with Crippen LogP contribution in [0.4, 0.5) is 0 Å². The van der Waals surface area contributed by atoms with E-state index in [1.165, 1.54) is 72.3 Å². The van der Waals surface area contributed by atoms with Gasteiger partial charge in [0.15, 0.2) is 17.5 Å². The lowest BCUT2D eigenvalue weighted by molar-refractivity contribution is 0.793. The van der Waals surface area contributed by atoms with Gasteiger partial charge in [0.1, 0.15) is 0 Å². The molecule has 3 nitrogen and oxygen atoms in total. The molecule has 2 atom stereocenters. The second kappa shape index (κ2) is 16.3. The average molecular weight is 800 g/mol. The van der Waals surface area contributed by atoms with Crippen molar-refractivity contribution in [3.63, 3.8) is 0 Å². The van der Waals surface area contributed by atoms with Crippen molar-refractivity contribution < 1.29 is 0 Å². The molecule has 300 valence electrons. The molecule has 0 N–H and O–H groups in total. The molecule has 7 aromatic rings. The number of hydrogen-bond donors (Lipinski definition) is 0. The molecular formula is C59H49N3. The number of rotatable bonds is 8. The van der Waals surface area contributed by atoms with Crippen molar-refractivity contribution in [1.82, 2.24) is 15.0 Å². The van der Waals surface area contributed by atoms with E-state index < -0.39 is 5.41 Å². The van der Waals surface area contributed by atoms with Gasteiger partial charge in [-0.2, -0.15) is 0 Å². The molecule has 2 unspecified atom stereocenters. The van der Waals surface area contributed by atoms with Gasteiger partial charge in [0.05, 0.1) is 5.41 Å². The topological polar surface area (TPSA) is 38.7 Å². The third kappa shape index (κ3) is 6.48. The molecule has 0 amide bonds. The SMILES string of the molecule is C/C=C\C(=C/C)c1nc(C2=CC=CC(c3cccc(-c4ccc5c(c4)C4(C(=C/C)/C(=C\CC)c6ccccc64)c4cc(-c6ccccc6)ccc4-5)c3)C2)nc(-c2ccccc2)n1. The van der Waals surface area contributed by atoms with E-state index in [4.69, 9.17) is 15.0 Å². The van der Waals surface area contributed by atoms with Crippen LogP contribution >= 0.6 is 0 Å². The number of nitrogens with zero attached hydrogens (tertiary/aromatic N) is 3. The summed E-state index contributed by atoms with van der Waals surface area (Å²) < 4.78 is 0. The normalized spacial score (nSPS) is 19.0. The molecule has 0 bridgehead atoms. The Balaban J connectivity index is 1.06. The lowest BCUT2D eigenvalue weighted by Gasteiger charge is -2.31. The number of allylic oxidation sites excluding steroid dienone is 12. The Morgan fingerprint density at radius 2 is 1.26 bits per heavy atom. The molecule has 10 rings (SSSR count). The van der Waals surface area contributed by atoms with Gasteiger partial charge in [-0.1, -0.05) is 189 Å². The molecule has 6 aromatic carbocycles. The molecule has 0 aliphatic heterocycles. The maximum atomic E-state index is 5.07. The molecule has 3 aliphatic rings. The van der Waals surface area contributed by atoms with Gasteiger partial charge in [-0.25, -0.2) is 15.0 Å². The van der Waals surface area contributed by atoms with E-state index >= 15 is 0 Å². The van der Waals surface area contributed by atoms with Gasteiger partial charge in [-0.3, -0.25) is 0 Å². The Bertz CT molecular complexity index is 3050. The first-order valence-electron chi connectivity index (χ1n) is 22.0. The standard InChI is InChI=1S/C59H49N3/c1-5-19-39(7-3)56-60-57(41-23-13-10-14-24-41)62-58(61-56)47-28-18-27-44(36-47)42-25-17-26-43(35-42)46-32-34-51-50-33-31-45(40-21-11-9-12-22-40)37-54(50)59(55(51)38-46)52(8-4)48(20-6-2)49-29-15-16-30-53(49)59/h5,7-35,37-38,44H,6,36H2,1-4H3/b19-5-,39-7+,48-20-,52-8+. The molecular weight excluding hydrogens is 751 g/mol. The third-order valence-corrected chi connectivity index (χ3v) is 12.9. The van der Waals surface area contributed by atoms with E-state index in [9.17, 15) is 0 Å². The van der Waals surface area contributed by atoms with Gasteiger partial charge < -0.3 is 0 Å². The van der Waals surface area contributed by atoms with E-state index in [2.05, 4.69) is 184 Å². The predicted octanol–water partition coefficient (Wildman–Crippen LogP) is 15.0. The van der Waals surface area contributed by atoms with E-state index in [1.54, 1.807) is 0 Å². The molecule has 1 aromatic heterocycles. The van der Waals surface area contributed by atoms with Crippen molar-refractivity contribution in [1.29, 1.82) is 0 Å². The minimum absolute atomic E-state index is 0.159. The third-order valence-electron chi connectivity index (χ3n) is 12.9. The second-order valence-electron chi connectivity index (χ2n) is 16.3. The van der Waals surface area contributed by atoms with Gasteiger partial charge >= 0.3 is 0 Å². The van der Waals surface area contributed by atoms with Gasteiger partial charge in [0.25, 0.3) is 0 Å². The van der Waals surface area contributed by atoms with Crippen molar-refractivity contribution in [2.24, 2.45) is 0 Å². The Morgan fingerprint density at radius 1 is 0.613 bits per heavy atom. The summed E-state index contributed by atoms with van der Waals surface area (Å²) in [6.07, 6.45) is 19.4. The maximum absolute atomic E-state index is 5.07. The van der Waals surface area contributed by atoms with Crippen molar-refractivity contribution >= 4 is 16.7 Å². The van der Waals surface area contributed by atoms with Crippen LogP contribution in [-0.2, 0) is 5.41 Å². The number of aromatic nitrogens is 3. The highest BCUT2D eigenvalue weighted by Gasteiger charge is 2.53. The zero-order valence-corrected chi connectivity index (χ0v) is 35.8. The minimum Gasteiger partial charge on any atom is -0.209 e. The fourth-order valence-electron chi connectivity index (χ4n) is 10.1. The molecule has 3 heteroatoms. The van der Waals surface area contributed by atoms with Crippen molar-refractivity contribution in [2.75, 3.05) is 0 Å². The molecule has 62 heavy (non-hydrogen) atoms. The summed E-state index contributed by atoms with van der Waals surface area (Å²) in [6, 6.07) is 53.6. The second-order valence-corrected chi connectivity index (χ2v) is 16.3. The van der Waals surface area contributed by atoms with Crippen LogP contribution in [0, 0.1) is 0 Å². The Hall–Kier alpha value is -7.23. The summed E-state index contributed by atoms with van der Waals surface area (Å²) in [5, 5.41) is 0. The quantitative estimate of drug-likeness (QED) is 0.144. The van der Waals surface area contributed by atoms with E-state index in [0.717, 1.165) is 35.4 Å². The van der Waals surface area contributed by atoms with Crippen molar-refractivity contribution in [3.8, 4) is 44.8 Å². The van der Waals surface area contributed by atoms with Crippen LogP contribution in [0.5, 0.6) is 0 Å². The number of benzene rings is 6. The molecule has 0 fully saturated rings. The Labute approximate surface area is 366 Å². The van der Waals surface area contributed by atoms with Crippen LogP contribution in [0.3, 0.4) is 0 Å². The van der Waals surface area contributed by atoms with Crippen LogP contribution in [0.25, 0.3) is 61.5 Å². The van der Waals surface area contributed by atoms with Crippen LogP contribution in [0.1, 0.15) is 85.9 Å². The molecule has 1 spiro atoms. The molecule has 3 aliphatic carbocycles. The Morgan fingerprint density at radius 3 is 1.95 bits per heavy atom. The van der Waals surface area contributed by atoms with Gasteiger partial charge in [0, 0.05) is 17.1 Å². The molecule has 0 saturated heterocycles. The first-order valence-corrected chi connectivity index (χ1v) is 22.0. The summed E-state index contributed by atoms with van der Waals surface area (Å²) in [6.45, 7) is 8.52. The lowest BCUT2D eigenvalue weighted by Crippen LogP contribution is -2.26. The summed E-state index contributed by atoms with van der Waals surface area (Å²) in [4.78, 5) is 15.1. The van der Waals surface area contributed by atoms with Crippen LogP contribution < -0.4 is 0 Å². The first kappa shape index (κ1) is 38.9. The smallest absolute Gasteiger partial charge is 0.164 e. The Kier molecular flexibility index (Phi) is 10.3. The summed E-state index contributed by atoms with van der Waals surface area (Å²) in [5.74, 6) is 2.24. The van der Waals surface area contributed by atoms with Gasteiger partial charge in [-0.15, -0.1) is 0 Å². The average Bonchev–Trinajstić information content (AvgIpc) is 3.79. The largest absolute Gasteiger partial charge is 0.209 e. The fourth-order valence-corrected chi connectivity index (χ4v) is 10.1. The van der Waals surface area contributed by atoms with Crippen molar-refractivity contribution in [2.45, 2.75) is 51.9 Å². The fraction of sp³-hybridized carbons (Fsp3) is 0.136. The van der Waals surface area contributed by atoms with Gasteiger partial charge in [0.2, 0.25) is 0 Å². The highest BCUT2D eigenvalue weighted by atomic mass is 15.0. The van der Waals surface area contributed by atoms with E-state index in [0.29, 0.717) is 11.6 Å². The van der Waals surface area contributed by atoms with E-state index in [-0.39, 0.29) is 5.92 Å². The van der Waals surface area contributed by atoms with Crippen LogP contribution in [-0.4, -0.2) is 15.0 Å². The zero-order chi connectivity index (χ0) is 42.2. The highest BCUT2D eigenvalue weighted by molar-refractivity contribution is 6.01. The van der Waals surface area contributed by atoms with Crippen LogP contribution in [0.15, 0.2) is 200 Å². The molecule has 0 radical (unpaired) electrons. The molecule has 0 saturated carbocycles. The first-order chi connectivity index (χ1) is 30.5. The zero-order valence-electron chi connectivity index (χ0n) is 35.8. The molecule has 1 heterocycles. The minimum atomic E-state index is -0.441. The highest BCUT2D eigenvalue weighted by Crippen LogP contribution is 2.64. The number of fused-ring (bicyclic) bond motifs is 7.